The Morgan fingerprint density at radius 3 is 2.78 bits per heavy atom. The molecule has 1 amide bonds. The molecule has 9 heteroatoms. The van der Waals surface area contributed by atoms with E-state index in [0.717, 1.165) is 26.5 Å². The zero-order valence-corrected chi connectivity index (χ0v) is 17.3. The summed E-state index contributed by atoms with van der Waals surface area (Å²) in [6.07, 6.45) is 0. The zero-order chi connectivity index (χ0) is 19.0. The number of benzene rings is 2. The van der Waals surface area contributed by atoms with Crippen molar-refractivity contribution >= 4 is 73.0 Å². The first-order valence-corrected chi connectivity index (χ1v) is 10.1. The fraction of sp³-hybridized carbons (Fsp3) is 0.111. The Labute approximate surface area is 172 Å². The standard InChI is InChI=1S/C18H13BrClN5OS/c1-25-14-7-2-10(19)8-13(14)16-17(25)22-18(24-23-16)27-9-15(26)21-12-5-3-11(20)4-6-12/h2-8H,9H2,1H3,(H,21,26). The van der Waals surface area contributed by atoms with E-state index in [-0.39, 0.29) is 11.7 Å². The van der Waals surface area contributed by atoms with Crippen molar-refractivity contribution in [2.45, 2.75) is 5.16 Å². The van der Waals surface area contributed by atoms with Crippen LogP contribution in [-0.2, 0) is 11.8 Å². The van der Waals surface area contributed by atoms with Crippen molar-refractivity contribution in [1.82, 2.24) is 19.7 Å². The molecule has 0 aliphatic heterocycles. The summed E-state index contributed by atoms with van der Waals surface area (Å²) >= 11 is 10.6. The number of aromatic nitrogens is 4. The Balaban J connectivity index is 1.52. The van der Waals surface area contributed by atoms with Crippen LogP contribution in [0.5, 0.6) is 0 Å². The average molecular weight is 463 g/mol. The Kier molecular flexibility index (Phi) is 5.03. The third-order valence-electron chi connectivity index (χ3n) is 4.00. The summed E-state index contributed by atoms with van der Waals surface area (Å²) in [7, 11) is 1.94. The number of carbonyl (C=O) groups excluding carboxylic acids is 1. The van der Waals surface area contributed by atoms with Gasteiger partial charge in [-0.1, -0.05) is 39.3 Å². The van der Waals surface area contributed by atoms with E-state index >= 15 is 0 Å². The lowest BCUT2D eigenvalue weighted by atomic mass is 10.2. The van der Waals surface area contributed by atoms with Crippen molar-refractivity contribution in [3.8, 4) is 0 Å². The average Bonchev–Trinajstić information content (AvgIpc) is 2.93. The largest absolute Gasteiger partial charge is 0.327 e. The van der Waals surface area contributed by atoms with Crippen molar-refractivity contribution in [2.24, 2.45) is 7.05 Å². The lowest BCUT2D eigenvalue weighted by Crippen LogP contribution is -2.14. The molecule has 4 rings (SSSR count). The molecule has 1 N–H and O–H groups in total. The molecule has 2 aromatic carbocycles. The molecule has 2 heterocycles. The number of halogens is 2. The van der Waals surface area contributed by atoms with E-state index in [4.69, 9.17) is 11.6 Å². The number of carbonyl (C=O) groups is 1. The van der Waals surface area contributed by atoms with E-state index in [1.54, 1.807) is 24.3 Å². The normalized spacial score (nSPS) is 11.2. The number of nitrogens with one attached hydrogen (secondary N) is 1. The quantitative estimate of drug-likeness (QED) is 0.446. The Hall–Kier alpha value is -2.16. The molecular weight excluding hydrogens is 450 g/mol. The van der Waals surface area contributed by atoms with Gasteiger partial charge >= 0.3 is 0 Å². The van der Waals surface area contributed by atoms with Gasteiger partial charge in [-0.3, -0.25) is 4.79 Å². The molecule has 27 heavy (non-hydrogen) atoms. The molecule has 0 saturated heterocycles. The van der Waals surface area contributed by atoms with Crippen LogP contribution >= 0.6 is 39.3 Å². The number of fused-ring (bicyclic) bond motifs is 3. The van der Waals surface area contributed by atoms with Crippen molar-refractivity contribution in [1.29, 1.82) is 0 Å². The van der Waals surface area contributed by atoms with Gasteiger partial charge in [0.05, 0.1) is 11.3 Å². The molecule has 0 saturated carbocycles. The number of hydrogen-bond donors (Lipinski definition) is 1. The molecule has 0 aliphatic rings. The fourth-order valence-corrected chi connectivity index (χ4v) is 3.81. The first-order chi connectivity index (χ1) is 13.0. The molecule has 0 atom stereocenters. The van der Waals surface area contributed by atoms with Crippen LogP contribution in [0, 0.1) is 0 Å². The molecule has 0 bridgehead atoms. The van der Waals surface area contributed by atoms with E-state index in [2.05, 4.69) is 36.4 Å². The van der Waals surface area contributed by atoms with Crippen LogP contribution < -0.4 is 5.32 Å². The summed E-state index contributed by atoms with van der Waals surface area (Å²) in [5.41, 5.74) is 3.19. The molecule has 6 nitrogen and oxygen atoms in total. The third kappa shape index (κ3) is 3.78. The van der Waals surface area contributed by atoms with Crippen LogP contribution in [-0.4, -0.2) is 31.4 Å². The maximum atomic E-state index is 12.1. The minimum absolute atomic E-state index is 0.146. The predicted molar refractivity (Wildman–Crippen MR) is 112 cm³/mol. The van der Waals surface area contributed by atoms with Crippen molar-refractivity contribution in [2.75, 3.05) is 11.1 Å². The minimum atomic E-state index is -0.146. The van der Waals surface area contributed by atoms with Gasteiger partial charge in [-0.15, -0.1) is 10.2 Å². The molecule has 0 radical (unpaired) electrons. The molecule has 0 spiro atoms. The minimum Gasteiger partial charge on any atom is -0.327 e. The first-order valence-electron chi connectivity index (χ1n) is 7.98. The highest BCUT2D eigenvalue weighted by atomic mass is 79.9. The van der Waals surface area contributed by atoms with Gasteiger partial charge < -0.3 is 9.88 Å². The summed E-state index contributed by atoms with van der Waals surface area (Å²) in [6.45, 7) is 0. The van der Waals surface area contributed by atoms with Crippen LogP contribution in [0.3, 0.4) is 0 Å². The van der Waals surface area contributed by atoms with Crippen LogP contribution in [0.4, 0.5) is 5.69 Å². The van der Waals surface area contributed by atoms with Crippen LogP contribution in [0.2, 0.25) is 5.02 Å². The zero-order valence-electron chi connectivity index (χ0n) is 14.1. The number of thioether (sulfide) groups is 1. The predicted octanol–water partition coefficient (Wildman–Crippen LogP) is 4.66. The summed E-state index contributed by atoms with van der Waals surface area (Å²) in [4.78, 5) is 16.7. The maximum Gasteiger partial charge on any atom is 0.234 e. The SMILES string of the molecule is Cn1c2ccc(Br)cc2c2nnc(SCC(=O)Nc3ccc(Cl)cc3)nc21. The summed E-state index contributed by atoms with van der Waals surface area (Å²) in [5.74, 6) is 0.0395. The highest BCUT2D eigenvalue weighted by Gasteiger charge is 2.14. The van der Waals surface area contributed by atoms with Gasteiger partial charge in [-0.25, -0.2) is 4.98 Å². The lowest BCUT2D eigenvalue weighted by molar-refractivity contribution is -0.113. The van der Waals surface area contributed by atoms with Gasteiger partial charge in [-0.05, 0) is 42.5 Å². The van der Waals surface area contributed by atoms with E-state index in [1.807, 2.05) is 29.8 Å². The topological polar surface area (TPSA) is 72.7 Å². The third-order valence-corrected chi connectivity index (χ3v) is 5.58. The van der Waals surface area contributed by atoms with E-state index in [0.29, 0.717) is 15.9 Å². The van der Waals surface area contributed by atoms with Gasteiger partial charge in [0, 0.05) is 27.6 Å². The first kappa shape index (κ1) is 18.2. The number of anilines is 1. The molecule has 2 aromatic heterocycles. The van der Waals surface area contributed by atoms with Gasteiger partial charge in [0.15, 0.2) is 5.65 Å². The van der Waals surface area contributed by atoms with Gasteiger partial charge in [0.1, 0.15) is 5.52 Å². The van der Waals surface area contributed by atoms with E-state index in [1.165, 1.54) is 11.8 Å². The lowest BCUT2D eigenvalue weighted by Gasteiger charge is -2.04. The van der Waals surface area contributed by atoms with E-state index in [9.17, 15) is 4.79 Å². The number of nitrogens with zero attached hydrogens (tertiary/aromatic N) is 4. The number of hydrogen-bond acceptors (Lipinski definition) is 5. The molecular formula is C18H13BrClN5OS. The second-order valence-corrected chi connectivity index (χ2v) is 8.13. The second-order valence-electron chi connectivity index (χ2n) is 5.83. The maximum absolute atomic E-state index is 12.1. The Morgan fingerprint density at radius 1 is 1.22 bits per heavy atom. The Morgan fingerprint density at radius 2 is 2.00 bits per heavy atom. The van der Waals surface area contributed by atoms with Crippen LogP contribution in [0.25, 0.3) is 22.1 Å². The monoisotopic (exact) mass is 461 g/mol. The number of rotatable bonds is 4. The Bertz CT molecular complexity index is 1160. The summed E-state index contributed by atoms with van der Waals surface area (Å²) in [6, 6.07) is 12.9. The van der Waals surface area contributed by atoms with Gasteiger partial charge in [-0.2, -0.15) is 0 Å². The van der Waals surface area contributed by atoms with Gasteiger partial charge in [0.25, 0.3) is 0 Å². The summed E-state index contributed by atoms with van der Waals surface area (Å²) < 4.78 is 2.95. The molecule has 0 unspecified atom stereocenters. The second kappa shape index (κ2) is 7.46. The number of amides is 1. The van der Waals surface area contributed by atoms with Crippen molar-refractivity contribution in [3.63, 3.8) is 0 Å². The highest BCUT2D eigenvalue weighted by Crippen LogP contribution is 2.28. The molecule has 0 fully saturated rings. The smallest absolute Gasteiger partial charge is 0.234 e. The molecule has 0 aliphatic carbocycles. The summed E-state index contributed by atoms with van der Waals surface area (Å²) in [5, 5.41) is 13.4. The van der Waals surface area contributed by atoms with Crippen molar-refractivity contribution < 1.29 is 4.79 Å². The highest BCUT2D eigenvalue weighted by molar-refractivity contribution is 9.10. The molecule has 4 aromatic rings. The van der Waals surface area contributed by atoms with E-state index < -0.39 is 0 Å². The fourth-order valence-electron chi connectivity index (χ4n) is 2.74. The van der Waals surface area contributed by atoms with Crippen LogP contribution in [0.15, 0.2) is 52.1 Å². The van der Waals surface area contributed by atoms with Gasteiger partial charge in [0.2, 0.25) is 11.1 Å². The number of aryl methyl sites for hydroxylation is 1. The van der Waals surface area contributed by atoms with Crippen molar-refractivity contribution in [3.05, 3.63) is 52.0 Å². The molecule has 136 valence electrons. The van der Waals surface area contributed by atoms with Crippen LogP contribution in [0.1, 0.15) is 0 Å².